The summed E-state index contributed by atoms with van der Waals surface area (Å²) in [5, 5.41) is 8.01. The summed E-state index contributed by atoms with van der Waals surface area (Å²) in [6.45, 7) is 2.15. The molecule has 2 aromatic carbocycles. The van der Waals surface area contributed by atoms with Crippen LogP contribution in [-0.4, -0.2) is 34.0 Å². The number of aryl methyl sites for hydroxylation is 1. The number of amides is 1. The molecule has 1 N–H and O–H groups in total. The Kier molecular flexibility index (Phi) is 6.23. The Labute approximate surface area is 193 Å². The largest absolute Gasteiger partial charge is 0.349 e. The molecule has 1 aliphatic heterocycles. The molecule has 5 rings (SSSR count). The minimum Gasteiger partial charge on any atom is -0.349 e. The van der Waals surface area contributed by atoms with Crippen LogP contribution in [0.2, 0.25) is 5.02 Å². The Balaban J connectivity index is 1.21. The van der Waals surface area contributed by atoms with Gasteiger partial charge in [0.2, 0.25) is 17.6 Å². The van der Waals surface area contributed by atoms with Crippen LogP contribution in [0.1, 0.15) is 48.7 Å². The minimum atomic E-state index is -0.0243. The molecule has 1 fully saturated rings. The first-order valence-corrected chi connectivity index (χ1v) is 11.7. The van der Waals surface area contributed by atoms with E-state index in [2.05, 4.69) is 44.6 Å². The number of fused-ring (bicyclic) bond motifs is 1. The molecule has 3 aromatic rings. The molecule has 6 nitrogen and oxygen atoms in total. The normalized spacial score (nSPS) is 21.2. The zero-order chi connectivity index (χ0) is 21.9. The van der Waals surface area contributed by atoms with Gasteiger partial charge in [-0.25, -0.2) is 0 Å². The van der Waals surface area contributed by atoms with Crippen LogP contribution in [-0.2, 0) is 17.8 Å². The van der Waals surface area contributed by atoms with Gasteiger partial charge >= 0.3 is 0 Å². The van der Waals surface area contributed by atoms with Crippen molar-refractivity contribution in [2.45, 2.75) is 44.7 Å². The summed E-state index contributed by atoms with van der Waals surface area (Å²) in [4.78, 5) is 19.8. The predicted octanol–water partition coefficient (Wildman–Crippen LogP) is 4.80. The Morgan fingerprint density at radius 3 is 2.88 bits per heavy atom. The smallest absolute Gasteiger partial charge is 0.241 e. The molecule has 0 bridgehead atoms. The number of nitrogens with one attached hydrogen (secondary N) is 1. The Bertz CT molecular complexity index is 1100. The van der Waals surface area contributed by atoms with Crippen molar-refractivity contribution in [2.75, 3.05) is 13.1 Å². The summed E-state index contributed by atoms with van der Waals surface area (Å²) in [7, 11) is 0. The standard InChI is InChI=1S/C25H27ClN4O2/c26-21-12-4-3-11-20(21)24-28-23(32-29-24)16-30-14-6-9-18(15-30)25(31)27-22-13-5-8-17-7-1-2-10-19(17)22/h1-4,7,10-12,18,22H,5-6,8-9,13-16H2,(H,27,31). The van der Waals surface area contributed by atoms with E-state index < -0.39 is 0 Å². The SMILES string of the molecule is O=C(NC1CCCc2ccccc21)C1CCCN(Cc2nc(-c3ccccc3Cl)no2)C1. The summed E-state index contributed by atoms with van der Waals surface area (Å²) < 4.78 is 5.47. The van der Waals surface area contributed by atoms with E-state index in [4.69, 9.17) is 16.1 Å². The van der Waals surface area contributed by atoms with Crippen molar-refractivity contribution in [3.05, 3.63) is 70.6 Å². The topological polar surface area (TPSA) is 71.3 Å². The molecular weight excluding hydrogens is 424 g/mol. The number of hydrogen-bond acceptors (Lipinski definition) is 5. The number of halogens is 1. The van der Waals surface area contributed by atoms with Gasteiger partial charge in [0.05, 0.1) is 23.5 Å². The van der Waals surface area contributed by atoms with Gasteiger partial charge in [0, 0.05) is 12.1 Å². The third-order valence-electron chi connectivity index (χ3n) is 6.50. The maximum atomic E-state index is 13.1. The quantitative estimate of drug-likeness (QED) is 0.604. The fraction of sp³-hybridized carbons (Fsp3) is 0.400. The van der Waals surface area contributed by atoms with Crippen LogP contribution in [0.5, 0.6) is 0 Å². The van der Waals surface area contributed by atoms with Gasteiger partial charge in [0.1, 0.15) is 0 Å². The number of likely N-dealkylation sites (tertiary alicyclic amines) is 1. The van der Waals surface area contributed by atoms with Crippen LogP contribution in [0.4, 0.5) is 0 Å². The van der Waals surface area contributed by atoms with Crippen LogP contribution >= 0.6 is 11.6 Å². The van der Waals surface area contributed by atoms with Crippen molar-refractivity contribution in [1.29, 1.82) is 0 Å². The third-order valence-corrected chi connectivity index (χ3v) is 6.83. The maximum Gasteiger partial charge on any atom is 0.241 e. The molecule has 7 heteroatoms. The molecule has 0 spiro atoms. The molecule has 2 unspecified atom stereocenters. The fourth-order valence-electron chi connectivity index (χ4n) is 4.87. The first-order valence-electron chi connectivity index (χ1n) is 11.4. The average molecular weight is 451 g/mol. The minimum absolute atomic E-state index is 0.0243. The summed E-state index contributed by atoms with van der Waals surface area (Å²) in [6, 6.07) is 16.1. The van der Waals surface area contributed by atoms with E-state index in [0.717, 1.165) is 44.2 Å². The van der Waals surface area contributed by atoms with Crippen LogP contribution in [0.25, 0.3) is 11.4 Å². The second-order valence-electron chi connectivity index (χ2n) is 8.72. The zero-order valence-electron chi connectivity index (χ0n) is 18.0. The number of carbonyl (C=O) groups excluding carboxylic acids is 1. The molecule has 0 saturated carbocycles. The van der Waals surface area contributed by atoms with Crippen molar-refractivity contribution < 1.29 is 9.32 Å². The van der Waals surface area contributed by atoms with E-state index in [-0.39, 0.29) is 17.9 Å². The summed E-state index contributed by atoms with van der Waals surface area (Å²) in [6.07, 6.45) is 5.10. The lowest BCUT2D eigenvalue weighted by molar-refractivity contribution is -0.127. The van der Waals surface area contributed by atoms with E-state index in [1.165, 1.54) is 11.1 Å². The Morgan fingerprint density at radius 1 is 1.12 bits per heavy atom. The van der Waals surface area contributed by atoms with Crippen LogP contribution < -0.4 is 5.32 Å². The van der Waals surface area contributed by atoms with Crippen molar-refractivity contribution in [2.24, 2.45) is 5.92 Å². The van der Waals surface area contributed by atoms with Gasteiger partial charge in [-0.3, -0.25) is 9.69 Å². The summed E-state index contributed by atoms with van der Waals surface area (Å²) >= 11 is 6.25. The van der Waals surface area contributed by atoms with Gasteiger partial charge in [-0.2, -0.15) is 4.98 Å². The van der Waals surface area contributed by atoms with Gasteiger partial charge in [0.25, 0.3) is 0 Å². The van der Waals surface area contributed by atoms with Crippen LogP contribution in [0.15, 0.2) is 53.1 Å². The van der Waals surface area contributed by atoms with E-state index in [0.29, 0.717) is 29.8 Å². The third kappa shape index (κ3) is 4.57. The molecule has 166 valence electrons. The molecule has 2 heterocycles. The number of benzene rings is 2. The Hall–Kier alpha value is -2.70. The van der Waals surface area contributed by atoms with E-state index in [1.54, 1.807) is 0 Å². The first-order chi connectivity index (χ1) is 15.7. The zero-order valence-corrected chi connectivity index (χ0v) is 18.7. The number of nitrogens with zero attached hydrogens (tertiary/aromatic N) is 3. The highest BCUT2D eigenvalue weighted by Crippen LogP contribution is 2.30. The summed E-state index contributed by atoms with van der Waals surface area (Å²) in [5.41, 5.74) is 3.39. The predicted molar refractivity (Wildman–Crippen MR) is 123 cm³/mol. The second-order valence-corrected chi connectivity index (χ2v) is 9.13. The van der Waals surface area contributed by atoms with Crippen LogP contribution in [0, 0.1) is 5.92 Å². The number of rotatable bonds is 5. The van der Waals surface area contributed by atoms with Gasteiger partial charge in [-0.15, -0.1) is 0 Å². The number of piperidine rings is 1. The lowest BCUT2D eigenvalue weighted by Crippen LogP contribution is -2.44. The number of carbonyl (C=O) groups is 1. The highest BCUT2D eigenvalue weighted by molar-refractivity contribution is 6.33. The maximum absolute atomic E-state index is 13.1. The molecule has 32 heavy (non-hydrogen) atoms. The van der Waals surface area contributed by atoms with Crippen molar-refractivity contribution >= 4 is 17.5 Å². The lowest BCUT2D eigenvalue weighted by atomic mass is 9.87. The first kappa shape index (κ1) is 21.2. The average Bonchev–Trinajstić information content (AvgIpc) is 3.28. The van der Waals surface area contributed by atoms with Gasteiger partial charge < -0.3 is 9.84 Å². The Morgan fingerprint density at radius 2 is 1.97 bits per heavy atom. The van der Waals surface area contributed by atoms with Gasteiger partial charge in [0.15, 0.2) is 0 Å². The van der Waals surface area contributed by atoms with E-state index in [9.17, 15) is 4.79 Å². The molecule has 2 atom stereocenters. The van der Waals surface area contributed by atoms with E-state index >= 15 is 0 Å². The monoisotopic (exact) mass is 450 g/mol. The molecule has 1 amide bonds. The fourth-order valence-corrected chi connectivity index (χ4v) is 5.09. The van der Waals surface area contributed by atoms with Crippen molar-refractivity contribution in [1.82, 2.24) is 20.4 Å². The van der Waals surface area contributed by atoms with Crippen molar-refractivity contribution in [3.63, 3.8) is 0 Å². The highest BCUT2D eigenvalue weighted by atomic mass is 35.5. The molecule has 2 aliphatic rings. The molecule has 1 aromatic heterocycles. The highest BCUT2D eigenvalue weighted by Gasteiger charge is 2.30. The lowest BCUT2D eigenvalue weighted by Gasteiger charge is -2.33. The molecule has 0 radical (unpaired) electrons. The molecule has 1 aliphatic carbocycles. The van der Waals surface area contributed by atoms with Crippen molar-refractivity contribution in [3.8, 4) is 11.4 Å². The van der Waals surface area contributed by atoms with E-state index in [1.807, 2.05) is 24.3 Å². The van der Waals surface area contributed by atoms with Crippen LogP contribution in [0.3, 0.4) is 0 Å². The van der Waals surface area contributed by atoms with Gasteiger partial charge in [-0.05, 0) is 61.9 Å². The summed E-state index contributed by atoms with van der Waals surface area (Å²) in [5.74, 6) is 1.16. The number of aromatic nitrogens is 2. The van der Waals surface area contributed by atoms with Gasteiger partial charge in [-0.1, -0.05) is 53.2 Å². The molecule has 1 saturated heterocycles. The number of hydrogen-bond donors (Lipinski definition) is 1. The second kappa shape index (κ2) is 9.43. The molecular formula is C25H27ClN4O2.